The van der Waals surface area contributed by atoms with E-state index in [1.807, 2.05) is 0 Å². The average molecular weight is 168 g/mol. The first-order valence-corrected chi connectivity index (χ1v) is 4.77. The Morgan fingerprint density at radius 2 is 2.27 bits per heavy atom. The van der Waals surface area contributed by atoms with Crippen LogP contribution in [0.1, 0.15) is 22.6 Å². The third-order valence-corrected chi connectivity index (χ3v) is 3.13. The van der Waals surface area contributed by atoms with Gasteiger partial charge >= 0.3 is 0 Å². The monoisotopic (exact) mass is 168 g/mol. The first-order chi connectivity index (χ1) is 5.18. The van der Waals surface area contributed by atoms with Crippen LogP contribution in [0.4, 0.5) is 0 Å². The highest BCUT2D eigenvalue weighted by Gasteiger charge is 2.40. The molecule has 0 saturated heterocycles. The van der Waals surface area contributed by atoms with Crippen molar-refractivity contribution < 1.29 is 5.11 Å². The largest absolute Gasteiger partial charge is 0.390 e. The highest BCUT2D eigenvalue weighted by Crippen LogP contribution is 2.39. The van der Waals surface area contributed by atoms with Crippen molar-refractivity contribution in [3.05, 3.63) is 21.9 Å². The van der Waals surface area contributed by atoms with Gasteiger partial charge in [0.25, 0.3) is 0 Å². The molecule has 1 aliphatic carbocycles. The number of hydrogen-bond acceptors (Lipinski definition) is 2. The van der Waals surface area contributed by atoms with Gasteiger partial charge in [-0.15, -0.1) is 11.3 Å². The molecule has 1 aromatic heterocycles. The van der Waals surface area contributed by atoms with E-state index in [2.05, 4.69) is 19.1 Å². The van der Waals surface area contributed by atoms with Crippen molar-refractivity contribution in [2.24, 2.45) is 0 Å². The van der Waals surface area contributed by atoms with Crippen molar-refractivity contribution in [1.29, 1.82) is 0 Å². The summed E-state index contributed by atoms with van der Waals surface area (Å²) in [5.74, 6) is 0. The van der Waals surface area contributed by atoms with Gasteiger partial charge in [0.2, 0.25) is 0 Å². The van der Waals surface area contributed by atoms with E-state index in [0.29, 0.717) is 0 Å². The lowest BCUT2D eigenvalue weighted by molar-refractivity contribution is 0.152. The molecular formula is C9H12OS. The van der Waals surface area contributed by atoms with Gasteiger partial charge in [0.1, 0.15) is 0 Å². The molecule has 1 fully saturated rings. The van der Waals surface area contributed by atoms with E-state index >= 15 is 0 Å². The average Bonchev–Trinajstić information content (AvgIpc) is 2.49. The molecule has 11 heavy (non-hydrogen) atoms. The van der Waals surface area contributed by atoms with E-state index in [1.165, 1.54) is 9.75 Å². The van der Waals surface area contributed by atoms with Gasteiger partial charge in [0.05, 0.1) is 5.60 Å². The Labute approximate surface area is 70.7 Å². The van der Waals surface area contributed by atoms with Crippen LogP contribution in [-0.2, 0) is 6.42 Å². The minimum absolute atomic E-state index is 0.322. The van der Waals surface area contributed by atoms with Crippen LogP contribution in [0.15, 0.2) is 12.1 Å². The molecule has 1 aromatic rings. The smallest absolute Gasteiger partial charge is 0.0698 e. The van der Waals surface area contributed by atoms with E-state index in [1.54, 1.807) is 11.3 Å². The van der Waals surface area contributed by atoms with Crippen LogP contribution in [0.2, 0.25) is 0 Å². The summed E-state index contributed by atoms with van der Waals surface area (Å²) in [6, 6.07) is 4.24. The predicted octanol–water partition coefficient (Wildman–Crippen LogP) is 2.12. The molecule has 1 heterocycles. The quantitative estimate of drug-likeness (QED) is 0.717. The molecule has 0 unspecified atom stereocenters. The van der Waals surface area contributed by atoms with Gasteiger partial charge < -0.3 is 5.11 Å². The molecule has 0 amide bonds. The molecule has 1 N–H and O–H groups in total. The molecule has 0 spiro atoms. The maximum Gasteiger partial charge on any atom is 0.0698 e. The normalized spacial score (nSPS) is 20.2. The van der Waals surface area contributed by atoms with E-state index in [0.717, 1.165) is 19.3 Å². The minimum atomic E-state index is -0.322. The molecule has 60 valence electrons. The standard InChI is InChI=1S/C9H12OS/c1-7-2-3-8(11-7)6-9(10)4-5-9/h2-3,10H,4-6H2,1H3. The fraction of sp³-hybridized carbons (Fsp3) is 0.556. The van der Waals surface area contributed by atoms with Gasteiger partial charge in [-0.2, -0.15) is 0 Å². The van der Waals surface area contributed by atoms with Gasteiger partial charge in [-0.1, -0.05) is 0 Å². The Morgan fingerprint density at radius 3 is 2.73 bits per heavy atom. The maximum absolute atomic E-state index is 9.60. The van der Waals surface area contributed by atoms with Crippen molar-refractivity contribution in [3.8, 4) is 0 Å². The third kappa shape index (κ3) is 1.63. The number of hydrogen-bond donors (Lipinski definition) is 1. The summed E-state index contributed by atoms with van der Waals surface area (Å²) in [5, 5.41) is 9.60. The summed E-state index contributed by atoms with van der Waals surface area (Å²) < 4.78 is 0. The summed E-state index contributed by atoms with van der Waals surface area (Å²) >= 11 is 1.79. The van der Waals surface area contributed by atoms with Gasteiger partial charge in [-0.25, -0.2) is 0 Å². The number of thiophene rings is 1. The summed E-state index contributed by atoms with van der Waals surface area (Å²) in [4.78, 5) is 2.66. The summed E-state index contributed by atoms with van der Waals surface area (Å²) in [7, 11) is 0. The van der Waals surface area contributed by atoms with E-state index in [4.69, 9.17) is 0 Å². The molecule has 0 aromatic carbocycles. The Morgan fingerprint density at radius 1 is 1.55 bits per heavy atom. The predicted molar refractivity (Wildman–Crippen MR) is 46.9 cm³/mol. The molecule has 2 heteroatoms. The highest BCUT2D eigenvalue weighted by atomic mass is 32.1. The molecule has 1 nitrogen and oxygen atoms in total. The van der Waals surface area contributed by atoms with Crippen LogP contribution < -0.4 is 0 Å². The number of aryl methyl sites for hydroxylation is 1. The molecule has 1 aliphatic rings. The first kappa shape index (κ1) is 7.32. The second-order valence-electron chi connectivity index (χ2n) is 3.41. The van der Waals surface area contributed by atoms with Gasteiger partial charge in [-0.3, -0.25) is 0 Å². The van der Waals surface area contributed by atoms with Crippen LogP contribution >= 0.6 is 11.3 Å². The molecule has 0 atom stereocenters. The van der Waals surface area contributed by atoms with Crippen molar-refractivity contribution >= 4 is 11.3 Å². The third-order valence-electron chi connectivity index (χ3n) is 2.13. The Hall–Kier alpha value is -0.340. The van der Waals surface area contributed by atoms with Gasteiger partial charge in [-0.05, 0) is 31.9 Å². The zero-order valence-corrected chi connectivity index (χ0v) is 7.45. The van der Waals surface area contributed by atoms with E-state index < -0.39 is 0 Å². The zero-order chi connectivity index (χ0) is 7.90. The SMILES string of the molecule is Cc1ccc(CC2(O)CC2)s1. The topological polar surface area (TPSA) is 20.2 Å². The Kier molecular flexibility index (Phi) is 1.55. The fourth-order valence-electron chi connectivity index (χ4n) is 1.23. The van der Waals surface area contributed by atoms with Crippen LogP contribution in [-0.4, -0.2) is 10.7 Å². The minimum Gasteiger partial charge on any atom is -0.390 e. The van der Waals surface area contributed by atoms with Gasteiger partial charge in [0.15, 0.2) is 0 Å². The maximum atomic E-state index is 9.60. The highest BCUT2D eigenvalue weighted by molar-refractivity contribution is 7.11. The second kappa shape index (κ2) is 2.32. The molecule has 2 rings (SSSR count). The van der Waals surface area contributed by atoms with Crippen molar-refractivity contribution in [1.82, 2.24) is 0 Å². The van der Waals surface area contributed by atoms with E-state index in [-0.39, 0.29) is 5.60 Å². The Bertz CT molecular complexity index is 260. The number of rotatable bonds is 2. The zero-order valence-electron chi connectivity index (χ0n) is 6.63. The van der Waals surface area contributed by atoms with Crippen LogP contribution in [0.25, 0.3) is 0 Å². The summed E-state index contributed by atoms with van der Waals surface area (Å²) in [6.45, 7) is 2.10. The van der Waals surface area contributed by atoms with Gasteiger partial charge in [0, 0.05) is 16.2 Å². The molecule has 0 radical (unpaired) electrons. The van der Waals surface area contributed by atoms with Crippen LogP contribution in [0.3, 0.4) is 0 Å². The van der Waals surface area contributed by atoms with Crippen LogP contribution in [0, 0.1) is 6.92 Å². The number of aliphatic hydroxyl groups is 1. The lowest BCUT2D eigenvalue weighted by Gasteiger charge is -2.02. The first-order valence-electron chi connectivity index (χ1n) is 3.96. The molecule has 0 aliphatic heterocycles. The molecular weight excluding hydrogens is 156 g/mol. The van der Waals surface area contributed by atoms with Crippen LogP contribution in [0.5, 0.6) is 0 Å². The van der Waals surface area contributed by atoms with E-state index in [9.17, 15) is 5.11 Å². The lowest BCUT2D eigenvalue weighted by Crippen LogP contribution is -2.08. The summed E-state index contributed by atoms with van der Waals surface area (Å²) in [5.41, 5.74) is -0.322. The molecule has 0 bridgehead atoms. The fourth-order valence-corrected chi connectivity index (χ4v) is 2.25. The molecule has 1 saturated carbocycles. The second-order valence-corrected chi connectivity index (χ2v) is 4.79. The van der Waals surface area contributed by atoms with Crippen molar-refractivity contribution in [3.63, 3.8) is 0 Å². The van der Waals surface area contributed by atoms with Crippen molar-refractivity contribution in [2.45, 2.75) is 31.8 Å². The lowest BCUT2D eigenvalue weighted by atomic mass is 10.2. The Balaban J connectivity index is 2.06. The summed E-state index contributed by atoms with van der Waals surface area (Å²) in [6.07, 6.45) is 2.85. The van der Waals surface area contributed by atoms with Crippen molar-refractivity contribution in [2.75, 3.05) is 0 Å².